The second-order valence-electron chi connectivity index (χ2n) is 4.91. The van der Waals surface area contributed by atoms with Crippen molar-refractivity contribution < 1.29 is 21.6 Å². The summed E-state index contributed by atoms with van der Waals surface area (Å²) in [7, 11) is -5.55. The molecule has 1 heterocycles. The first-order chi connectivity index (χ1) is 10.2. The summed E-state index contributed by atoms with van der Waals surface area (Å²) >= 11 is 0. The van der Waals surface area contributed by atoms with Crippen LogP contribution in [0.15, 0.2) is 53.4 Å². The number of benzene rings is 1. The maximum Gasteiger partial charge on any atom is 0.517 e. The van der Waals surface area contributed by atoms with Gasteiger partial charge in [0.15, 0.2) is 0 Å². The van der Waals surface area contributed by atoms with E-state index in [0.717, 1.165) is 0 Å². The Labute approximate surface area is 125 Å². The van der Waals surface area contributed by atoms with Gasteiger partial charge in [-0.2, -0.15) is 21.6 Å². The topological polar surface area (TPSA) is 63.4 Å². The summed E-state index contributed by atoms with van der Waals surface area (Å²) < 4.78 is 63.4. The van der Waals surface area contributed by atoms with Crippen LogP contribution in [0.5, 0.6) is 0 Å². The number of hydrogen-bond acceptors (Lipinski definition) is 3. The van der Waals surface area contributed by atoms with Crippen molar-refractivity contribution in [3.63, 3.8) is 0 Å². The minimum atomic E-state index is -5.55. The quantitative estimate of drug-likeness (QED) is 0.862. The average molecular weight is 328 g/mol. The van der Waals surface area contributed by atoms with Crippen LogP contribution in [-0.4, -0.2) is 13.9 Å². The van der Waals surface area contributed by atoms with Crippen LogP contribution >= 0.6 is 0 Å². The van der Waals surface area contributed by atoms with E-state index in [1.165, 1.54) is 24.3 Å². The molecule has 8 heteroatoms. The van der Waals surface area contributed by atoms with Crippen LogP contribution in [0, 0.1) is 0 Å². The van der Waals surface area contributed by atoms with Gasteiger partial charge in [0, 0.05) is 12.1 Å². The molecule has 0 aromatic heterocycles. The first-order valence-corrected chi connectivity index (χ1v) is 7.74. The van der Waals surface area contributed by atoms with Gasteiger partial charge in [-0.15, -0.1) is 0 Å². The van der Waals surface area contributed by atoms with Crippen LogP contribution < -0.4 is 10.0 Å². The van der Waals surface area contributed by atoms with Crippen LogP contribution in [0.2, 0.25) is 0 Å². The van der Waals surface area contributed by atoms with E-state index in [2.05, 4.69) is 0 Å². The third-order valence-corrected chi connectivity index (χ3v) is 4.87. The van der Waals surface area contributed by atoms with Gasteiger partial charge in [0.2, 0.25) is 0 Å². The highest BCUT2D eigenvalue weighted by molar-refractivity contribution is 7.93. The number of nitrogens with zero attached hydrogens (tertiary/aromatic N) is 1. The zero-order valence-electron chi connectivity index (χ0n) is 11.1. The molecule has 1 aromatic carbocycles. The zero-order valence-corrected chi connectivity index (χ0v) is 11.9. The predicted octanol–water partition coefficient (Wildman–Crippen LogP) is 2.87. The molecular weight excluding hydrogens is 317 g/mol. The number of rotatable bonds is 1. The molecule has 0 spiro atoms. The summed E-state index contributed by atoms with van der Waals surface area (Å²) in [5, 5.41) is 0. The molecule has 0 bridgehead atoms. The van der Waals surface area contributed by atoms with Gasteiger partial charge in [0.25, 0.3) is 0 Å². The molecule has 3 rings (SSSR count). The van der Waals surface area contributed by atoms with Crippen LogP contribution in [0.1, 0.15) is 12.0 Å². The lowest BCUT2D eigenvalue weighted by Crippen LogP contribution is -2.42. The first kappa shape index (κ1) is 14.7. The molecule has 4 nitrogen and oxygen atoms in total. The molecule has 1 aliphatic carbocycles. The highest BCUT2D eigenvalue weighted by Crippen LogP contribution is 2.43. The third-order valence-electron chi connectivity index (χ3n) is 3.42. The van der Waals surface area contributed by atoms with Gasteiger partial charge in [-0.3, -0.25) is 0 Å². The Morgan fingerprint density at radius 2 is 1.82 bits per heavy atom. The van der Waals surface area contributed by atoms with Crippen molar-refractivity contribution in [3.05, 3.63) is 58.9 Å². The van der Waals surface area contributed by atoms with Gasteiger partial charge in [-0.1, -0.05) is 18.2 Å². The van der Waals surface area contributed by atoms with Crippen LogP contribution in [0.3, 0.4) is 0 Å². The Hall–Kier alpha value is -2.22. The average Bonchev–Trinajstić information content (AvgIpc) is 2.43. The van der Waals surface area contributed by atoms with Crippen molar-refractivity contribution >= 4 is 21.8 Å². The molecule has 0 saturated heterocycles. The van der Waals surface area contributed by atoms with E-state index in [1.807, 2.05) is 0 Å². The minimum absolute atomic E-state index is 0.0229. The summed E-state index contributed by atoms with van der Waals surface area (Å²) in [6.45, 7) is 0. The Kier molecular flexibility index (Phi) is 3.10. The maximum absolute atomic E-state index is 13.0. The second kappa shape index (κ2) is 4.64. The van der Waals surface area contributed by atoms with Gasteiger partial charge in [-0.05, 0) is 35.4 Å². The first-order valence-electron chi connectivity index (χ1n) is 6.30. The van der Waals surface area contributed by atoms with E-state index >= 15 is 0 Å². The predicted molar refractivity (Wildman–Crippen MR) is 76.8 cm³/mol. The number of alkyl halides is 3. The van der Waals surface area contributed by atoms with Crippen LogP contribution in [-0.2, 0) is 10.0 Å². The van der Waals surface area contributed by atoms with Gasteiger partial charge >= 0.3 is 15.5 Å². The van der Waals surface area contributed by atoms with E-state index in [4.69, 9.17) is 5.73 Å². The Balaban J connectivity index is 2.29. The largest absolute Gasteiger partial charge is 0.517 e. The lowest BCUT2D eigenvalue weighted by molar-refractivity contribution is -0.0436. The molecule has 2 aliphatic rings. The van der Waals surface area contributed by atoms with Gasteiger partial charge in [-0.25, -0.2) is 4.31 Å². The number of allylic oxidation sites excluding steroid dienone is 4. The van der Waals surface area contributed by atoms with E-state index in [9.17, 15) is 21.6 Å². The Morgan fingerprint density at radius 3 is 2.50 bits per heavy atom. The molecular formula is C14H11F3N2O2S. The molecule has 0 unspecified atom stereocenters. The van der Waals surface area contributed by atoms with Crippen molar-refractivity contribution in [1.82, 2.24) is 0 Å². The number of para-hydroxylation sites is 1. The van der Waals surface area contributed by atoms with E-state index in [0.29, 0.717) is 21.1 Å². The van der Waals surface area contributed by atoms with Crippen molar-refractivity contribution in [2.75, 3.05) is 4.31 Å². The standard InChI is InChI=1S/C14H11F3N2O2S/c15-14(16,17)22(20,21)19-12-4-2-1-3-9(12)7-10-8-11(18)5-6-13(10)19/h1-7H,8,18H2. The van der Waals surface area contributed by atoms with Crippen molar-refractivity contribution in [3.8, 4) is 0 Å². The van der Waals surface area contributed by atoms with Crippen molar-refractivity contribution in [1.29, 1.82) is 0 Å². The molecule has 0 amide bonds. The van der Waals surface area contributed by atoms with Crippen LogP contribution in [0.25, 0.3) is 6.08 Å². The molecule has 1 aliphatic heterocycles. The minimum Gasteiger partial charge on any atom is -0.402 e. The molecule has 22 heavy (non-hydrogen) atoms. The van der Waals surface area contributed by atoms with Gasteiger partial charge in [0.05, 0.1) is 11.4 Å². The lowest BCUT2D eigenvalue weighted by atomic mass is 9.94. The van der Waals surface area contributed by atoms with Gasteiger partial charge in [0.1, 0.15) is 0 Å². The smallest absolute Gasteiger partial charge is 0.402 e. The normalized spacial score (nSPS) is 18.0. The monoisotopic (exact) mass is 328 g/mol. The zero-order chi connectivity index (χ0) is 16.1. The SMILES string of the molecule is NC1=CC=C2C(=Cc3ccccc3N2S(=O)(=O)C(F)(F)F)C1. The molecule has 0 atom stereocenters. The third kappa shape index (κ3) is 2.10. The van der Waals surface area contributed by atoms with E-state index < -0.39 is 15.5 Å². The number of nitrogens with two attached hydrogens (primary N) is 1. The molecule has 0 fully saturated rings. The summed E-state index contributed by atoms with van der Waals surface area (Å²) in [4.78, 5) is 0. The number of fused-ring (bicyclic) bond motifs is 2. The fraction of sp³-hybridized carbons (Fsp3) is 0.143. The Morgan fingerprint density at radius 1 is 1.14 bits per heavy atom. The molecule has 0 radical (unpaired) electrons. The highest BCUT2D eigenvalue weighted by atomic mass is 32.2. The molecule has 2 N–H and O–H groups in total. The summed E-state index contributed by atoms with van der Waals surface area (Å²) in [6.07, 6.45) is 4.57. The fourth-order valence-electron chi connectivity index (χ4n) is 2.46. The van der Waals surface area contributed by atoms with Gasteiger partial charge < -0.3 is 5.73 Å². The molecule has 1 aromatic rings. The number of halogens is 3. The van der Waals surface area contributed by atoms with E-state index in [-0.39, 0.29) is 17.8 Å². The maximum atomic E-state index is 13.0. The molecule has 0 saturated carbocycles. The van der Waals surface area contributed by atoms with Crippen LogP contribution in [0.4, 0.5) is 18.9 Å². The molecule has 116 valence electrons. The number of anilines is 1. The second-order valence-corrected chi connectivity index (χ2v) is 6.69. The van der Waals surface area contributed by atoms with E-state index in [1.54, 1.807) is 18.2 Å². The summed E-state index contributed by atoms with van der Waals surface area (Å²) in [5.74, 6) is 0. The fourth-order valence-corrected chi connectivity index (χ4v) is 3.53. The summed E-state index contributed by atoms with van der Waals surface area (Å²) in [5.41, 5.74) is 1.54. The highest BCUT2D eigenvalue weighted by Gasteiger charge is 2.52. The van der Waals surface area contributed by atoms with Crippen molar-refractivity contribution in [2.24, 2.45) is 5.73 Å². The number of sulfonamides is 1. The summed E-state index contributed by atoms with van der Waals surface area (Å²) in [6, 6.07) is 6.02. The number of hydrogen-bond donors (Lipinski definition) is 1. The lowest BCUT2D eigenvalue weighted by Gasteiger charge is -2.34. The Bertz CT molecular complexity index is 836. The van der Waals surface area contributed by atoms with Crippen molar-refractivity contribution in [2.45, 2.75) is 11.9 Å².